The maximum atomic E-state index is 6.62. The van der Waals surface area contributed by atoms with E-state index in [1.54, 1.807) is 0 Å². The predicted octanol–water partition coefficient (Wildman–Crippen LogP) is 7.79. The van der Waals surface area contributed by atoms with E-state index in [1.165, 1.54) is 27.7 Å². The van der Waals surface area contributed by atoms with Crippen molar-refractivity contribution in [3.63, 3.8) is 0 Å². The van der Waals surface area contributed by atoms with Gasteiger partial charge in [0.05, 0.1) is 0 Å². The van der Waals surface area contributed by atoms with Crippen LogP contribution in [-0.2, 0) is 5.41 Å². The molecule has 9 rings (SSSR count). The molecule has 0 unspecified atom stereocenters. The van der Waals surface area contributed by atoms with E-state index in [-0.39, 0.29) is 12.1 Å². The molecule has 2 aliphatic heterocycles. The summed E-state index contributed by atoms with van der Waals surface area (Å²) in [6, 6.07) is 49.1. The first kappa shape index (κ1) is 24.2. The van der Waals surface area contributed by atoms with Crippen LogP contribution >= 0.6 is 0 Å². The van der Waals surface area contributed by atoms with Crippen LogP contribution in [0.1, 0.15) is 25.0 Å². The van der Waals surface area contributed by atoms with Crippen LogP contribution in [0, 0.1) is 12.1 Å². The van der Waals surface area contributed by atoms with Crippen molar-refractivity contribution in [2.75, 3.05) is 4.90 Å². The molecule has 202 valence electrons. The first-order valence-electron chi connectivity index (χ1n) is 14.7. The summed E-state index contributed by atoms with van der Waals surface area (Å²) >= 11 is 0. The number of hydrogen-bond donors (Lipinski definition) is 0. The molecule has 6 aromatic carbocycles. The molecular formula is C39H26BNO2. The smallest absolute Gasteiger partial charge is 0.261 e. The molecule has 1 aliphatic carbocycles. The average Bonchev–Trinajstić information content (AvgIpc) is 3.26. The van der Waals surface area contributed by atoms with Crippen LogP contribution in [0.3, 0.4) is 0 Å². The largest absolute Gasteiger partial charge is 0.458 e. The fourth-order valence-corrected chi connectivity index (χ4v) is 7.21. The van der Waals surface area contributed by atoms with Crippen molar-refractivity contribution in [1.82, 2.24) is 0 Å². The van der Waals surface area contributed by atoms with Gasteiger partial charge in [-0.1, -0.05) is 80.6 Å². The normalized spacial score (nSPS) is 14.1. The fourth-order valence-electron chi connectivity index (χ4n) is 7.21. The summed E-state index contributed by atoms with van der Waals surface area (Å²) in [5, 5.41) is 0. The minimum Gasteiger partial charge on any atom is -0.458 e. The minimum absolute atomic E-state index is 0.0107. The number of ether oxygens (including phenoxy) is 2. The van der Waals surface area contributed by atoms with Crippen LogP contribution in [0.15, 0.2) is 121 Å². The maximum absolute atomic E-state index is 6.62. The van der Waals surface area contributed by atoms with Gasteiger partial charge in [-0.15, -0.1) is 0 Å². The Hall–Kier alpha value is -5.40. The Balaban J connectivity index is 1.21. The van der Waals surface area contributed by atoms with Crippen molar-refractivity contribution in [2.24, 2.45) is 0 Å². The summed E-state index contributed by atoms with van der Waals surface area (Å²) in [6.45, 7) is 4.69. The molecular weight excluding hydrogens is 525 g/mol. The molecule has 0 atom stereocenters. The van der Waals surface area contributed by atoms with E-state index in [0.29, 0.717) is 0 Å². The summed E-state index contributed by atoms with van der Waals surface area (Å²) in [4.78, 5) is 2.33. The second-order valence-corrected chi connectivity index (χ2v) is 12.0. The maximum Gasteiger partial charge on any atom is 0.261 e. The number of fused-ring (bicyclic) bond motifs is 7. The highest BCUT2D eigenvalue weighted by molar-refractivity contribution is 6.98. The molecule has 3 aliphatic rings. The van der Waals surface area contributed by atoms with Crippen molar-refractivity contribution < 1.29 is 9.47 Å². The molecule has 0 saturated carbocycles. The summed E-state index contributed by atoms with van der Waals surface area (Å²) in [5.74, 6) is 3.31. The van der Waals surface area contributed by atoms with Gasteiger partial charge >= 0.3 is 0 Å². The van der Waals surface area contributed by atoms with Gasteiger partial charge in [0.25, 0.3) is 6.71 Å². The molecule has 0 amide bonds. The Labute approximate surface area is 252 Å². The number of benzene rings is 5. The number of para-hydroxylation sites is 2. The molecule has 0 N–H and O–H groups in total. The van der Waals surface area contributed by atoms with Crippen LogP contribution in [0.5, 0.6) is 23.0 Å². The molecule has 4 heteroatoms. The SMILES string of the molecule is CC1(C)c2cc(N(c3ccccc3)c3ccccc3)ccc2-c2cc3c(cc21)B1c2ccc#cc2Oc2cccc(c21)O3. The fraction of sp³-hybridized carbons (Fsp3) is 0.0769. The molecule has 6 aromatic rings. The average molecular weight is 551 g/mol. The Bertz CT molecular complexity index is 2030. The van der Waals surface area contributed by atoms with E-state index in [2.05, 4.69) is 128 Å². The third-order valence-corrected chi connectivity index (χ3v) is 9.24. The monoisotopic (exact) mass is 551 g/mol. The van der Waals surface area contributed by atoms with Crippen LogP contribution in [0.2, 0.25) is 0 Å². The molecule has 0 spiro atoms. The van der Waals surface area contributed by atoms with Crippen LogP contribution in [0.25, 0.3) is 11.1 Å². The standard InChI is InChI=1S/C39H26BNO2/c1-39(2)30-22-27(41(25-12-5-3-6-13-25)26-14-7-4-8-15-26)20-21-28(30)29-23-37-33(24-31(29)39)40-32-16-9-10-17-34(32)42-35-18-11-19-36(43-37)38(35)40/h3-9,11-16,18-24H,1-2H3. The van der Waals surface area contributed by atoms with E-state index in [9.17, 15) is 0 Å². The van der Waals surface area contributed by atoms with Crippen LogP contribution < -0.4 is 30.8 Å². The van der Waals surface area contributed by atoms with Gasteiger partial charge in [0.2, 0.25) is 0 Å². The van der Waals surface area contributed by atoms with Crippen molar-refractivity contribution in [3.8, 4) is 34.1 Å². The van der Waals surface area contributed by atoms with Crippen LogP contribution in [-0.4, -0.2) is 6.71 Å². The zero-order valence-corrected chi connectivity index (χ0v) is 23.9. The van der Waals surface area contributed by atoms with Gasteiger partial charge in [-0.05, 0) is 99.9 Å². The minimum atomic E-state index is -0.209. The summed E-state index contributed by atoms with van der Waals surface area (Å²) in [7, 11) is 0. The molecule has 0 aromatic heterocycles. The first-order chi connectivity index (χ1) is 21.1. The van der Waals surface area contributed by atoms with Crippen molar-refractivity contribution in [2.45, 2.75) is 19.3 Å². The zero-order valence-electron chi connectivity index (χ0n) is 23.9. The van der Waals surface area contributed by atoms with E-state index in [0.717, 1.165) is 51.0 Å². The third kappa shape index (κ3) is 3.46. The van der Waals surface area contributed by atoms with Crippen LogP contribution in [0.4, 0.5) is 17.1 Å². The highest BCUT2D eigenvalue weighted by atomic mass is 16.5. The molecule has 0 saturated heterocycles. The van der Waals surface area contributed by atoms with Crippen molar-refractivity contribution in [3.05, 3.63) is 145 Å². The van der Waals surface area contributed by atoms with Gasteiger partial charge < -0.3 is 14.4 Å². The lowest BCUT2D eigenvalue weighted by atomic mass is 9.34. The van der Waals surface area contributed by atoms with Gasteiger partial charge in [0, 0.05) is 27.9 Å². The number of nitrogens with zero attached hydrogens (tertiary/aromatic N) is 1. The number of rotatable bonds is 3. The van der Waals surface area contributed by atoms with Gasteiger partial charge in [0.1, 0.15) is 17.2 Å². The molecule has 0 radical (unpaired) electrons. The Morgan fingerprint density at radius 2 is 1.30 bits per heavy atom. The molecule has 3 nitrogen and oxygen atoms in total. The Morgan fingerprint density at radius 1 is 0.605 bits per heavy atom. The van der Waals surface area contributed by atoms with Gasteiger partial charge in [-0.2, -0.15) is 0 Å². The highest BCUT2D eigenvalue weighted by Crippen LogP contribution is 2.52. The summed E-state index contributed by atoms with van der Waals surface area (Å²) in [5.41, 5.74) is 11.7. The Kier molecular flexibility index (Phi) is 4.96. The van der Waals surface area contributed by atoms with Crippen molar-refractivity contribution >= 4 is 40.2 Å². The number of anilines is 3. The molecule has 0 bridgehead atoms. The zero-order chi connectivity index (χ0) is 28.7. The lowest BCUT2D eigenvalue weighted by molar-refractivity contribution is 0.464. The molecule has 0 fully saturated rings. The molecule has 2 heterocycles. The first-order valence-corrected chi connectivity index (χ1v) is 14.7. The Morgan fingerprint density at radius 3 is 2.05 bits per heavy atom. The second kappa shape index (κ2) is 8.80. The van der Waals surface area contributed by atoms with E-state index < -0.39 is 0 Å². The second-order valence-electron chi connectivity index (χ2n) is 12.0. The third-order valence-electron chi connectivity index (χ3n) is 9.24. The van der Waals surface area contributed by atoms with Gasteiger partial charge in [-0.25, -0.2) is 0 Å². The summed E-state index contributed by atoms with van der Waals surface area (Å²) < 4.78 is 12.9. The quantitative estimate of drug-likeness (QED) is 0.209. The van der Waals surface area contributed by atoms with Gasteiger partial charge in [-0.3, -0.25) is 0 Å². The highest BCUT2D eigenvalue weighted by Gasteiger charge is 2.43. The summed E-state index contributed by atoms with van der Waals surface area (Å²) in [6.07, 6.45) is 0. The van der Waals surface area contributed by atoms with E-state index >= 15 is 0 Å². The van der Waals surface area contributed by atoms with Crippen molar-refractivity contribution in [1.29, 1.82) is 0 Å². The molecule has 43 heavy (non-hydrogen) atoms. The lowest BCUT2D eigenvalue weighted by Crippen LogP contribution is -2.57. The van der Waals surface area contributed by atoms with Gasteiger partial charge in [0.15, 0.2) is 5.75 Å². The lowest BCUT2D eigenvalue weighted by Gasteiger charge is -2.33. The van der Waals surface area contributed by atoms with E-state index in [1.807, 2.05) is 24.3 Å². The van der Waals surface area contributed by atoms with E-state index in [4.69, 9.17) is 9.47 Å². The predicted molar refractivity (Wildman–Crippen MR) is 174 cm³/mol. The topological polar surface area (TPSA) is 21.7 Å². The number of hydrogen-bond acceptors (Lipinski definition) is 3.